The van der Waals surface area contributed by atoms with Crippen LogP contribution >= 0.6 is 0 Å². The van der Waals surface area contributed by atoms with Gasteiger partial charge in [-0.15, -0.1) is 0 Å². The van der Waals surface area contributed by atoms with Crippen molar-refractivity contribution in [3.8, 4) is 0 Å². The van der Waals surface area contributed by atoms with E-state index in [1.54, 1.807) is 6.92 Å². The second-order valence-corrected chi connectivity index (χ2v) is 2.23. The van der Waals surface area contributed by atoms with Crippen LogP contribution in [0.1, 0.15) is 22.2 Å². The van der Waals surface area contributed by atoms with Gasteiger partial charge in [-0.2, -0.15) is 0 Å². The number of carbonyl (C=O) groups is 2. The molecule has 0 aliphatic rings. The first-order chi connectivity index (χ1) is 7.52. The van der Waals surface area contributed by atoms with Gasteiger partial charge in [0.05, 0.1) is 13.7 Å². The lowest BCUT2D eigenvalue weighted by Crippen LogP contribution is -2.19. The predicted molar refractivity (Wildman–Crippen MR) is 62.1 cm³/mol. The number of hydrogen-bond acceptors (Lipinski definition) is 6. The molecule has 0 amide bonds. The van der Waals surface area contributed by atoms with Crippen LogP contribution in [-0.2, 0) is 19.1 Å². The quantitative estimate of drug-likeness (QED) is 0.425. The third kappa shape index (κ3) is 6.58. The van der Waals surface area contributed by atoms with Gasteiger partial charge in [0.2, 0.25) is 0 Å². The number of esters is 2. The molecule has 6 heteroatoms. The fourth-order valence-corrected chi connectivity index (χ4v) is 0.600. The van der Waals surface area contributed by atoms with E-state index in [2.05, 4.69) is 9.47 Å². The summed E-state index contributed by atoms with van der Waals surface area (Å²) in [6, 6.07) is 0. The number of methoxy groups -OCH3 is 1. The zero-order valence-electron chi connectivity index (χ0n) is 9.99. The molecule has 0 fully saturated rings. The maximum absolute atomic E-state index is 10.9. The summed E-state index contributed by atoms with van der Waals surface area (Å²) in [7, 11) is 1.15. The van der Waals surface area contributed by atoms with Crippen molar-refractivity contribution in [2.45, 2.75) is 20.8 Å². The van der Waals surface area contributed by atoms with Crippen LogP contribution < -0.4 is 5.73 Å². The van der Waals surface area contributed by atoms with E-state index < -0.39 is 17.7 Å². The third-order valence-electron chi connectivity index (χ3n) is 1.22. The molecule has 0 rings (SSSR count). The smallest absolute Gasteiger partial charge is 0.356 e. The van der Waals surface area contributed by atoms with Gasteiger partial charge in [0.25, 0.3) is 0 Å². The summed E-state index contributed by atoms with van der Waals surface area (Å²) in [6.07, 6.45) is 0.893. The summed E-state index contributed by atoms with van der Waals surface area (Å²) in [5.74, 6) is -1.63. The first-order valence-electron chi connectivity index (χ1n) is 4.84. The van der Waals surface area contributed by atoms with Gasteiger partial charge in [0.15, 0.2) is 0 Å². The summed E-state index contributed by atoms with van der Waals surface area (Å²) in [5.41, 5.74) is 4.40. The van der Waals surface area contributed by atoms with E-state index in [9.17, 15) is 9.59 Å². The standard InChI is InChI=1S/C8H12N2O4.C2H6.H2/c1-3-14-8(12)6(10)4-5(9)7(11)13-2;1-2;/h4,10H,3,9H2,1-2H3;1-2H3;1H/b5-4-,10-6?;;. The highest BCUT2D eigenvalue weighted by molar-refractivity contribution is 6.40. The average Bonchev–Trinajstić information content (AvgIpc) is 2.30. The van der Waals surface area contributed by atoms with E-state index in [0.717, 1.165) is 13.2 Å². The molecule has 0 aromatic rings. The summed E-state index contributed by atoms with van der Waals surface area (Å²) in [4.78, 5) is 21.7. The van der Waals surface area contributed by atoms with Crippen LogP contribution in [0.15, 0.2) is 11.8 Å². The molecule has 0 saturated carbocycles. The number of ether oxygens (including phenoxy) is 2. The van der Waals surface area contributed by atoms with Crippen LogP contribution in [0.2, 0.25) is 0 Å². The Labute approximate surface area is 96.4 Å². The maximum atomic E-state index is 10.9. The van der Waals surface area contributed by atoms with Crippen molar-refractivity contribution in [2.24, 2.45) is 5.73 Å². The van der Waals surface area contributed by atoms with Gasteiger partial charge >= 0.3 is 11.9 Å². The molecule has 0 bridgehead atoms. The van der Waals surface area contributed by atoms with Crippen molar-refractivity contribution in [1.82, 2.24) is 0 Å². The number of rotatable bonds is 4. The average molecular weight is 232 g/mol. The Balaban J connectivity index is -0.000000616. The Bertz CT molecular complexity index is 290. The van der Waals surface area contributed by atoms with Crippen LogP contribution in [0.25, 0.3) is 0 Å². The molecule has 3 N–H and O–H groups in total. The molecule has 94 valence electrons. The van der Waals surface area contributed by atoms with E-state index in [-0.39, 0.29) is 13.7 Å². The van der Waals surface area contributed by atoms with Crippen molar-refractivity contribution < 1.29 is 20.5 Å². The highest BCUT2D eigenvalue weighted by Crippen LogP contribution is 1.91. The van der Waals surface area contributed by atoms with Crippen LogP contribution in [0.3, 0.4) is 0 Å². The zero-order valence-corrected chi connectivity index (χ0v) is 9.99. The minimum Gasteiger partial charge on any atom is -0.464 e. The van der Waals surface area contributed by atoms with Gasteiger partial charge in [-0.05, 0) is 6.92 Å². The van der Waals surface area contributed by atoms with Crippen LogP contribution in [0.5, 0.6) is 0 Å². The molecule has 0 radical (unpaired) electrons. The largest absolute Gasteiger partial charge is 0.464 e. The molecular formula is C10H20N2O4. The molecule has 0 unspecified atom stereocenters. The van der Waals surface area contributed by atoms with E-state index in [1.807, 2.05) is 13.8 Å². The van der Waals surface area contributed by atoms with Crippen molar-refractivity contribution in [3.05, 3.63) is 11.8 Å². The van der Waals surface area contributed by atoms with E-state index >= 15 is 0 Å². The Hall–Kier alpha value is -1.85. The molecule has 0 aromatic heterocycles. The van der Waals surface area contributed by atoms with Crippen LogP contribution in [0, 0.1) is 5.41 Å². The fraction of sp³-hybridized carbons (Fsp3) is 0.500. The van der Waals surface area contributed by atoms with Crippen molar-refractivity contribution in [1.29, 1.82) is 5.41 Å². The molecule has 0 aliphatic heterocycles. The van der Waals surface area contributed by atoms with E-state index in [0.29, 0.717) is 0 Å². The SMILES string of the molecule is CC.CCOC(=O)C(=N)/C=C(\N)C(=O)OC.[HH]. The lowest BCUT2D eigenvalue weighted by Gasteiger charge is -2.00. The maximum Gasteiger partial charge on any atom is 0.356 e. The van der Waals surface area contributed by atoms with Gasteiger partial charge in [-0.1, -0.05) is 13.8 Å². The molecular weight excluding hydrogens is 212 g/mol. The number of nitrogens with one attached hydrogen (secondary N) is 1. The molecule has 16 heavy (non-hydrogen) atoms. The third-order valence-corrected chi connectivity index (χ3v) is 1.22. The molecule has 0 aliphatic carbocycles. The summed E-state index contributed by atoms with van der Waals surface area (Å²) < 4.78 is 8.77. The first-order valence-corrected chi connectivity index (χ1v) is 4.84. The lowest BCUT2D eigenvalue weighted by molar-refractivity contribution is -0.136. The van der Waals surface area contributed by atoms with Gasteiger partial charge in [0, 0.05) is 7.50 Å². The molecule has 0 heterocycles. The first kappa shape index (κ1) is 16.6. The number of nitrogens with two attached hydrogens (primary N) is 1. The fourth-order valence-electron chi connectivity index (χ4n) is 0.600. The second kappa shape index (κ2) is 9.70. The molecule has 0 saturated heterocycles. The van der Waals surface area contributed by atoms with Crippen molar-refractivity contribution in [2.75, 3.05) is 13.7 Å². The van der Waals surface area contributed by atoms with E-state index in [4.69, 9.17) is 11.1 Å². The van der Waals surface area contributed by atoms with E-state index in [1.165, 1.54) is 0 Å². The Morgan fingerprint density at radius 1 is 1.38 bits per heavy atom. The monoisotopic (exact) mass is 232 g/mol. The molecule has 0 atom stereocenters. The van der Waals surface area contributed by atoms with Crippen molar-refractivity contribution >= 4 is 17.7 Å². The number of hydrogen-bond donors (Lipinski definition) is 2. The molecule has 6 nitrogen and oxygen atoms in total. The minimum absolute atomic E-state index is 0. The zero-order chi connectivity index (χ0) is 13.1. The van der Waals surface area contributed by atoms with Gasteiger partial charge < -0.3 is 15.2 Å². The van der Waals surface area contributed by atoms with Crippen LogP contribution in [-0.4, -0.2) is 31.4 Å². The van der Waals surface area contributed by atoms with Crippen molar-refractivity contribution in [3.63, 3.8) is 0 Å². The summed E-state index contributed by atoms with van der Waals surface area (Å²) in [5, 5.41) is 7.16. The topological polar surface area (TPSA) is 102 Å². The second-order valence-electron chi connectivity index (χ2n) is 2.23. The highest BCUT2D eigenvalue weighted by atomic mass is 16.5. The Morgan fingerprint density at radius 2 is 1.88 bits per heavy atom. The molecule has 0 spiro atoms. The summed E-state index contributed by atoms with van der Waals surface area (Å²) >= 11 is 0. The number of carbonyl (C=O) groups excluding carboxylic acids is 2. The van der Waals surface area contributed by atoms with Gasteiger partial charge in [-0.25, -0.2) is 9.59 Å². The highest BCUT2D eigenvalue weighted by Gasteiger charge is 2.11. The Kier molecular flexibility index (Phi) is 10.0. The summed E-state index contributed by atoms with van der Waals surface area (Å²) in [6.45, 7) is 5.77. The normalized spacial score (nSPS) is 9.62. The van der Waals surface area contributed by atoms with Gasteiger partial charge in [-0.3, -0.25) is 5.41 Å². The van der Waals surface area contributed by atoms with Gasteiger partial charge in [0.1, 0.15) is 11.4 Å². The minimum atomic E-state index is -0.834. The Morgan fingerprint density at radius 3 is 2.25 bits per heavy atom. The lowest BCUT2D eigenvalue weighted by atomic mass is 10.3. The molecule has 0 aromatic carbocycles. The van der Waals surface area contributed by atoms with Crippen LogP contribution in [0.4, 0.5) is 0 Å². The predicted octanol–water partition coefficient (Wildman–Crippen LogP) is 0.857.